The fourth-order valence-corrected chi connectivity index (χ4v) is 2.85. The average molecular weight is 326 g/mol. The Morgan fingerprint density at radius 3 is 3.04 bits per heavy atom. The molecule has 2 heterocycles. The molecule has 24 heavy (non-hydrogen) atoms. The van der Waals surface area contributed by atoms with Crippen LogP contribution in [0.2, 0.25) is 0 Å². The maximum absolute atomic E-state index is 10.6. The minimum absolute atomic E-state index is 0.0214. The number of oxazole rings is 1. The smallest absolute Gasteiger partial charge is 0.312 e. The summed E-state index contributed by atoms with van der Waals surface area (Å²) in [6.07, 6.45) is 3.14. The molecule has 0 fully saturated rings. The van der Waals surface area contributed by atoms with Crippen molar-refractivity contribution < 1.29 is 18.7 Å². The lowest BCUT2D eigenvalue weighted by Gasteiger charge is -2.11. The molecule has 8 nitrogen and oxygen atoms in total. The van der Waals surface area contributed by atoms with E-state index < -0.39 is 5.97 Å². The van der Waals surface area contributed by atoms with Crippen molar-refractivity contribution in [3.63, 3.8) is 0 Å². The minimum Gasteiger partial charge on any atom is -0.481 e. The molecule has 3 aromatic rings. The van der Waals surface area contributed by atoms with Gasteiger partial charge < -0.3 is 19.3 Å². The Kier molecular flexibility index (Phi) is 3.49. The first-order chi connectivity index (χ1) is 11.7. The van der Waals surface area contributed by atoms with Crippen molar-refractivity contribution in [2.45, 2.75) is 25.3 Å². The monoisotopic (exact) mass is 326 g/mol. The SMILES string of the molecule is O=C(O)Cc1nnc(-c2cnc(NC3CCc4ccccc43)o2)o1. The second kappa shape index (κ2) is 5.80. The zero-order valence-electron chi connectivity index (χ0n) is 12.6. The molecule has 2 N–H and O–H groups in total. The highest BCUT2D eigenvalue weighted by Gasteiger charge is 2.23. The lowest BCUT2D eigenvalue weighted by Crippen LogP contribution is -2.06. The maximum atomic E-state index is 10.6. The molecule has 0 saturated carbocycles. The number of nitrogens with one attached hydrogen (secondary N) is 1. The van der Waals surface area contributed by atoms with E-state index in [9.17, 15) is 4.79 Å². The van der Waals surface area contributed by atoms with Crippen molar-refractivity contribution >= 4 is 12.0 Å². The number of anilines is 1. The number of rotatable bonds is 5. The zero-order chi connectivity index (χ0) is 16.5. The molecule has 1 aromatic carbocycles. The summed E-state index contributed by atoms with van der Waals surface area (Å²) in [4.78, 5) is 14.8. The number of hydrogen-bond acceptors (Lipinski definition) is 7. The summed E-state index contributed by atoms with van der Waals surface area (Å²) in [5.41, 5.74) is 2.58. The van der Waals surface area contributed by atoms with Crippen LogP contribution >= 0.6 is 0 Å². The number of carboxylic acids is 1. The highest BCUT2D eigenvalue weighted by atomic mass is 16.4. The van der Waals surface area contributed by atoms with Gasteiger partial charge in [0.25, 0.3) is 11.9 Å². The van der Waals surface area contributed by atoms with Gasteiger partial charge >= 0.3 is 5.97 Å². The molecule has 0 amide bonds. The van der Waals surface area contributed by atoms with E-state index in [-0.39, 0.29) is 24.2 Å². The van der Waals surface area contributed by atoms with Crippen LogP contribution in [0.4, 0.5) is 6.01 Å². The summed E-state index contributed by atoms with van der Waals surface area (Å²) in [6, 6.07) is 8.79. The van der Waals surface area contributed by atoms with Crippen molar-refractivity contribution in [2.75, 3.05) is 5.32 Å². The predicted molar refractivity (Wildman–Crippen MR) is 82.3 cm³/mol. The van der Waals surface area contributed by atoms with Gasteiger partial charge in [-0.3, -0.25) is 4.79 Å². The number of aryl methyl sites for hydroxylation is 1. The van der Waals surface area contributed by atoms with Crippen LogP contribution in [-0.2, 0) is 17.6 Å². The molecule has 122 valence electrons. The van der Waals surface area contributed by atoms with Gasteiger partial charge in [0.1, 0.15) is 6.42 Å². The number of fused-ring (bicyclic) bond motifs is 1. The van der Waals surface area contributed by atoms with E-state index >= 15 is 0 Å². The van der Waals surface area contributed by atoms with Crippen LogP contribution in [0.25, 0.3) is 11.7 Å². The van der Waals surface area contributed by atoms with Crippen LogP contribution in [-0.4, -0.2) is 26.3 Å². The third-order valence-corrected chi connectivity index (χ3v) is 3.92. The number of aromatic nitrogens is 3. The number of aliphatic carboxylic acids is 1. The summed E-state index contributed by atoms with van der Waals surface area (Å²) in [5, 5.41) is 19.4. The summed E-state index contributed by atoms with van der Waals surface area (Å²) in [7, 11) is 0. The van der Waals surface area contributed by atoms with Crippen LogP contribution in [0.5, 0.6) is 0 Å². The van der Waals surface area contributed by atoms with Gasteiger partial charge in [0.2, 0.25) is 11.7 Å². The van der Waals surface area contributed by atoms with E-state index in [1.54, 1.807) is 0 Å². The van der Waals surface area contributed by atoms with Gasteiger partial charge in [-0.15, -0.1) is 10.2 Å². The second-order valence-electron chi connectivity index (χ2n) is 5.54. The quantitative estimate of drug-likeness (QED) is 0.735. The van der Waals surface area contributed by atoms with Crippen LogP contribution < -0.4 is 5.32 Å². The van der Waals surface area contributed by atoms with E-state index in [1.807, 2.05) is 12.1 Å². The third kappa shape index (κ3) is 2.73. The second-order valence-corrected chi connectivity index (χ2v) is 5.54. The molecule has 1 aliphatic carbocycles. The Labute approximate surface area is 136 Å². The molecule has 1 unspecified atom stereocenters. The van der Waals surface area contributed by atoms with Crippen molar-refractivity contribution in [1.82, 2.24) is 15.2 Å². The van der Waals surface area contributed by atoms with Gasteiger partial charge in [0.15, 0.2) is 0 Å². The minimum atomic E-state index is -1.04. The number of nitrogens with zero attached hydrogens (tertiary/aromatic N) is 3. The maximum Gasteiger partial charge on any atom is 0.312 e. The molecule has 1 aliphatic rings. The standard InChI is InChI=1S/C16H14N4O4/c21-14(22)7-13-19-20-15(24-13)12-8-17-16(23-12)18-11-6-5-9-3-1-2-4-10(9)11/h1-4,8,11H,5-7H2,(H,17,18)(H,21,22). The molecular weight excluding hydrogens is 312 g/mol. The first-order valence-corrected chi connectivity index (χ1v) is 7.54. The third-order valence-electron chi connectivity index (χ3n) is 3.92. The van der Waals surface area contributed by atoms with Crippen LogP contribution in [0.1, 0.15) is 29.5 Å². The van der Waals surface area contributed by atoms with Gasteiger partial charge in [-0.2, -0.15) is 0 Å². The fraction of sp³-hybridized carbons (Fsp3) is 0.250. The molecule has 0 aliphatic heterocycles. The Bertz CT molecular complexity index is 886. The molecule has 1 atom stereocenters. The zero-order valence-corrected chi connectivity index (χ0v) is 12.6. The average Bonchev–Trinajstić information content (AvgIpc) is 3.27. The van der Waals surface area contributed by atoms with Crippen LogP contribution in [0.15, 0.2) is 39.3 Å². The van der Waals surface area contributed by atoms with E-state index in [0.29, 0.717) is 11.8 Å². The first kappa shape index (κ1) is 14.4. The number of benzene rings is 1. The first-order valence-electron chi connectivity index (χ1n) is 7.54. The van der Waals surface area contributed by atoms with Gasteiger partial charge in [-0.25, -0.2) is 4.98 Å². The van der Waals surface area contributed by atoms with E-state index in [4.69, 9.17) is 13.9 Å². The Hall–Kier alpha value is -3.16. The van der Waals surface area contributed by atoms with Crippen LogP contribution in [0.3, 0.4) is 0 Å². The largest absolute Gasteiger partial charge is 0.481 e. The predicted octanol–water partition coefficient (Wildman–Crippen LogP) is 2.45. The highest BCUT2D eigenvalue weighted by Crippen LogP contribution is 2.34. The Balaban J connectivity index is 1.49. The van der Waals surface area contributed by atoms with Crippen molar-refractivity contribution in [3.05, 3.63) is 47.5 Å². The van der Waals surface area contributed by atoms with Gasteiger partial charge in [-0.1, -0.05) is 24.3 Å². The van der Waals surface area contributed by atoms with Crippen LogP contribution in [0, 0.1) is 0 Å². The molecule has 0 saturated heterocycles. The highest BCUT2D eigenvalue weighted by molar-refractivity contribution is 5.68. The number of carbonyl (C=O) groups is 1. The lowest BCUT2D eigenvalue weighted by atomic mass is 10.1. The van der Waals surface area contributed by atoms with E-state index in [1.165, 1.54) is 17.3 Å². The molecular formula is C16H14N4O4. The van der Waals surface area contributed by atoms with Gasteiger partial charge in [0, 0.05) is 0 Å². The summed E-state index contributed by atoms with van der Waals surface area (Å²) in [6.45, 7) is 0. The molecule has 0 radical (unpaired) electrons. The lowest BCUT2D eigenvalue weighted by molar-refractivity contribution is -0.136. The Morgan fingerprint density at radius 2 is 2.17 bits per heavy atom. The van der Waals surface area contributed by atoms with Crippen molar-refractivity contribution in [1.29, 1.82) is 0 Å². The van der Waals surface area contributed by atoms with Gasteiger partial charge in [-0.05, 0) is 24.0 Å². The molecule has 8 heteroatoms. The van der Waals surface area contributed by atoms with E-state index in [0.717, 1.165) is 12.8 Å². The summed E-state index contributed by atoms with van der Waals surface area (Å²) in [5.74, 6) is -0.607. The molecule has 2 aromatic heterocycles. The number of hydrogen-bond donors (Lipinski definition) is 2. The Morgan fingerprint density at radius 1 is 1.29 bits per heavy atom. The fourth-order valence-electron chi connectivity index (χ4n) is 2.85. The normalized spacial score (nSPS) is 16.1. The van der Waals surface area contributed by atoms with E-state index in [2.05, 4.69) is 32.6 Å². The molecule has 0 bridgehead atoms. The number of carboxylic acid groups (broad SMARTS) is 1. The van der Waals surface area contributed by atoms with Crippen molar-refractivity contribution in [3.8, 4) is 11.7 Å². The topological polar surface area (TPSA) is 114 Å². The molecule has 4 rings (SSSR count). The molecule has 0 spiro atoms. The van der Waals surface area contributed by atoms with Crippen molar-refractivity contribution in [2.24, 2.45) is 0 Å². The summed E-state index contributed by atoms with van der Waals surface area (Å²) < 4.78 is 10.9. The summed E-state index contributed by atoms with van der Waals surface area (Å²) >= 11 is 0. The van der Waals surface area contributed by atoms with Gasteiger partial charge in [0.05, 0.1) is 12.2 Å².